The summed E-state index contributed by atoms with van der Waals surface area (Å²) in [7, 11) is 0. The Labute approximate surface area is 116 Å². The molecule has 0 aliphatic rings. The first-order valence-electron chi connectivity index (χ1n) is 6.26. The number of nitrogens with zero attached hydrogens (tertiary/aromatic N) is 1. The van der Waals surface area contributed by atoms with Gasteiger partial charge >= 0.3 is 0 Å². The quantitative estimate of drug-likeness (QED) is 0.730. The lowest BCUT2D eigenvalue weighted by Gasteiger charge is -2.30. The normalized spacial score (nSPS) is 10.7. The van der Waals surface area contributed by atoms with Gasteiger partial charge in [-0.15, -0.1) is 0 Å². The van der Waals surface area contributed by atoms with Crippen molar-refractivity contribution in [2.24, 2.45) is 0 Å². The second-order valence-electron chi connectivity index (χ2n) is 4.17. The van der Waals surface area contributed by atoms with Crippen molar-refractivity contribution in [1.82, 2.24) is 4.90 Å². The second-order valence-corrected chi connectivity index (χ2v) is 4.96. The van der Waals surface area contributed by atoms with Gasteiger partial charge in [0, 0.05) is 23.5 Å². The zero-order chi connectivity index (χ0) is 13.5. The van der Waals surface area contributed by atoms with Crippen molar-refractivity contribution in [3.05, 3.63) is 35.6 Å². The summed E-state index contributed by atoms with van der Waals surface area (Å²) in [5, 5.41) is 0.727. The summed E-state index contributed by atoms with van der Waals surface area (Å²) in [6.07, 6.45) is 1.81. The van der Waals surface area contributed by atoms with Gasteiger partial charge in [0.25, 0.3) is 5.91 Å². The Morgan fingerprint density at radius 1 is 1.39 bits per heavy atom. The van der Waals surface area contributed by atoms with Crippen molar-refractivity contribution in [1.29, 1.82) is 0 Å². The zero-order valence-electron chi connectivity index (χ0n) is 10.8. The van der Waals surface area contributed by atoms with E-state index in [2.05, 4.69) is 29.8 Å². The van der Waals surface area contributed by atoms with Crippen molar-refractivity contribution < 1.29 is 9.18 Å². The minimum absolute atomic E-state index is 0.0948. The molecule has 18 heavy (non-hydrogen) atoms. The average molecular weight is 316 g/mol. The fourth-order valence-corrected chi connectivity index (χ4v) is 2.44. The van der Waals surface area contributed by atoms with Gasteiger partial charge in [-0.25, -0.2) is 4.39 Å². The molecule has 0 heterocycles. The summed E-state index contributed by atoms with van der Waals surface area (Å²) in [5.41, 5.74) is 0.419. The van der Waals surface area contributed by atoms with Crippen molar-refractivity contribution in [2.75, 3.05) is 11.9 Å². The second kappa shape index (κ2) is 7.52. The van der Waals surface area contributed by atoms with E-state index in [1.807, 2.05) is 4.90 Å². The summed E-state index contributed by atoms with van der Waals surface area (Å²) in [6, 6.07) is 6.09. The first-order chi connectivity index (χ1) is 8.63. The van der Waals surface area contributed by atoms with E-state index in [1.54, 1.807) is 12.1 Å². The van der Waals surface area contributed by atoms with Crippen LogP contribution in [-0.4, -0.2) is 28.7 Å². The first kappa shape index (κ1) is 15.2. The summed E-state index contributed by atoms with van der Waals surface area (Å²) < 4.78 is 13.2. The van der Waals surface area contributed by atoms with Gasteiger partial charge in [-0.05, 0) is 31.0 Å². The molecule has 0 aliphatic carbocycles. The van der Waals surface area contributed by atoms with E-state index in [0.29, 0.717) is 12.1 Å². The van der Waals surface area contributed by atoms with E-state index in [0.717, 1.165) is 18.2 Å². The third-order valence-electron chi connectivity index (χ3n) is 3.04. The maximum atomic E-state index is 13.2. The molecule has 0 unspecified atom stereocenters. The highest BCUT2D eigenvalue weighted by Gasteiger charge is 2.21. The molecule has 4 heteroatoms. The molecule has 2 nitrogen and oxygen atoms in total. The van der Waals surface area contributed by atoms with Gasteiger partial charge in [0.2, 0.25) is 0 Å². The Morgan fingerprint density at radius 3 is 2.56 bits per heavy atom. The van der Waals surface area contributed by atoms with E-state index in [1.165, 1.54) is 12.1 Å². The van der Waals surface area contributed by atoms with Gasteiger partial charge in [0.1, 0.15) is 5.82 Å². The molecule has 0 saturated heterocycles. The van der Waals surface area contributed by atoms with E-state index < -0.39 is 0 Å². The number of rotatable bonds is 6. The third kappa shape index (κ3) is 3.80. The van der Waals surface area contributed by atoms with Crippen molar-refractivity contribution in [3.8, 4) is 0 Å². The highest BCUT2D eigenvalue weighted by Crippen LogP contribution is 2.15. The van der Waals surface area contributed by atoms with Gasteiger partial charge < -0.3 is 4.90 Å². The standard InChI is InChI=1S/C14H19BrFNO/c1-3-13(4-2)17(9-8-15)14(18)11-6-5-7-12(16)10-11/h5-7,10,13H,3-4,8-9H2,1-2H3. The molecule has 1 aromatic carbocycles. The molecule has 0 N–H and O–H groups in total. The number of amides is 1. The molecule has 0 fully saturated rings. The summed E-state index contributed by atoms with van der Waals surface area (Å²) >= 11 is 3.36. The Hall–Kier alpha value is -0.900. The monoisotopic (exact) mass is 315 g/mol. The van der Waals surface area contributed by atoms with Crippen LogP contribution in [0.3, 0.4) is 0 Å². The Kier molecular flexibility index (Phi) is 6.33. The van der Waals surface area contributed by atoms with E-state index in [-0.39, 0.29) is 17.8 Å². The van der Waals surface area contributed by atoms with Crippen LogP contribution in [0, 0.1) is 5.82 Å². The zero-order valence-corrected chi connectivity index (χ0v) is 12.4. The fourth-order valence-electron chi connectivity index (χ4n) is 2.06. The maximum absolute atomic E-state index is 13.2. The highest BCUT2D eigenvalue weighted by molar-refractivity contribution is 9.09. The number of alkyl halides is 1. The van der Waals surface area contributed by atoms with Crippen molar-refractivity contribution in [3.63, 3.8) is 0 Å². The van der Waals surface area contributed by atoms with Gasteiger partial charge in [0.15, 0.2) is 0 Å². The Bertz CT molecular complexity index is 393. The van der Waals surface area contributed by atoms with Crippen LogP contribution in [0.1, 0.15) is 37.0 Å². The van der Waals surface area contributed by atoms with Gasteiger partial charge in [0.05, 0.1) is 0 Å². The van der Waals surface area contributed by atoms with E-state index in [9.17, 15) is 9.18 Å². The number of hydrogen-bond donors (Lipinski definition) is 0. The molecule has 1 rings (SSSR count). The van der Waals surface area contributed by atoms with Crippen LogP contribution >= 0.6 is 15.9 Å². The molecular formula is C14H19BrFNO. The molecule has 1 amide bonds. The third-order valence-corrected chi connectivity index (χ3v) is 3.40. The lowest BCUT2D eigenvalue weighted by Crippen LogP contribution is -2.41. The summed E-state index contributed by atoms with van der Waals surface area (Å²) in [5.74, 6) is -0.466. The van der Waals surface area contributed by atoms with Gasteiger partial charge in [-0.2, -0.15) is 0 Å². The molecular weight excluding hydrogens is 297 g/mol. The fraction of sp³-hybridized carbons (Fsp3) is 0.500. The van der Waals surface area contributed by atoms with Crippen LogP contribution in [0.15, 0.2) is 24.3 Å². The summed E-state index contributed by atoms with van der Waals surface area (Å²) in [6.45, 7) is 4.77. The van der Waals surface area contributed by atoms with E-state index >= 15 is 0 Å². The largest absolute Gasteiger partial charge is 0.335 e. The van der Waals surface area contributed by atoms with Gasteiger partial charge in [-0.1, -0.05) is 35.8 Å². The molecule has 0 radical (unpaired) electrons. The van der Waals surface area contributed by atoms with Crippen LogP contribution in [0.4, 0.5) is 4.39 Å². The number of benzene rings is 1. The molecule has 0 bridgehead atoms. The predicted molar refractivity (Wildman–Crippen MR) is 75.6 cm³/mol. The number of carbonyl (C=O) groups is 1. The summed E-state index contributed by atoms with van der Waals surface area (Å²) in [4.78, 5) is 14.2. The molecule has 100 valence electrons. The predicted octanol–water partition coefficient (Wildman–Crippen LogP) is 3.85. The van der Waals surface area contributed by atoms with Crippen LogP contribution in [0.5, 0.6) is 0 Å². The van der Waals surface area contributed by atoms with Crippen molar-refractivity contribution >= 4 is 21.8 Å². The van der Waals surface area contributed by atoms with Crippen LogP contribution in [0.2, 0.25) is 0 Å². The van der Waals surface area contributed by atoms with E-state index in [4.69, 9.17) is 0 Å². The minimum Gasteiger partial charge on any atom is -0.335 e. The lowest BCUT2D eigenvalue weighted by atomic mass is 10.1. The molecule has 1 aromatic rings. The van der Waals surface area contributed by atoms with Crippen LogP contribution < -0.4 is 0 Å². The van der Waals surface area contributed by atoms with Crippen LogP contribution in [-0.2, 0) is 0 Å². The first-order valence-corrected chi connectivity index (χ1v) is 7.38. The molecule has 0 atom stereocenters. The topological polar surface area (TPSA) is 20.3 Å². The Morgan fingerprint density at radius 2 is 2.06 bits per heavy atom. The molecule has 0 aliphatic heterocycles. The molecule has 0 aromatic heterocycles. The number of halogens is 2. The van der Waals surface area contributed by atoms with Gasteiger partial charge in [-0.3, -0.25) is 4.79 Å². The van der Waals surface area contributed by atoms with Crippen LogP contribution in [0.25, 0.3) is 0 Å². The Balaban J connectivity index is 2.95. The smallest absolute Gasteiger partial charge is 0.254 e. The minimum atomic E-state index is -0.371. The van der Waals surface area contributed by atoms with Crippen molar-refractivity contribution in [2.45, 2.75) is 32.7 Å². The highest BCUT2D eigenvalue weighted by atomic mass is 79.9. The average Bonchev–Trinajstić information content (AvgIpc) is 2.38. The lowest BCUT2D eigenvalue weighted by molar-refractivity contribution is 0.0682. The number of hydrogen-bond acceptors (Lipinski definition) is 1. The number of carbonyl (C=O) groups excluding carboxylic acids is 1. The maximum Gasteiger partial charge on any atom is 0.254 e. The molecule has 0 saturated carbocycles. The SMILES string of the molecule is CCC(CC)N(CCBr)C(=O)c1cccc(F)c1. The molecule has 0 spiro atoms.